The Morgan fingerprint density at radius 2 is 0.645 bits per heavy atom. The number of allylic oxidation sites excluding steroid dienone is 6. The van der Waals surface area contributed by atoms with E-state index in [0.717, 1.165) is 44.9 Å². The second-order valence-electron chi connectivity index (χ2n) is 28.8. The molecule has 1 aliphatic rings. The maximum absolute atomic E-state index is 13.3. The zero-order valence-electron chi connectivity index (χ0n) is 61.3. The van der Waals surface area contributed by atoms with Crippen LogP contribution in [0.4, 0.5) is 0 Å². The number of hydrogen-bond acceptors (Lipinski definition) is 10. The average Bonchev–Trinajstić information content (AvgIpc) is 1.04. The first-order valence-corrected chi connectivity index (χ1v) is 40.9. The van der Waals surface area contributed by atoms with E-state index in [0.29, 0.717) is 19.3 Å². The molecule has 1 heterocycles. The molecule has 9 unspecified atom stereocenters. The summed E-state index contributed by atoms with van der Waals surface area (Å²) < 4.78 is 11.2. The first kappa shape index (κ1) is 89.3. The predicted molar refractivity (Wildman–Crippen MR) is 395 cm³/mol. The van der Waals surface area contributed by atoms with Crippen LogP contribution in [0.2, 0.25) is 0 Å². The first-order valence-electron chi connectivity index (χ1n) is 40.9. The van der Waals surface area contributed by atoms with Gasteiger partial charge >= 0.3 is 0 Å². The fourth-order valence-electron chi connectivity index (χ4n) is 13.4. The highest BCUT2D eigenvalue weighted by Gasteiger charge is 2.44. The van der Waals surface area contributed by atoms with E-state index < -0.39 is 74.2 Å². The van der Waals surface area contributed by atoms with Crippen LogP contribution in [0.15, 0.2) is 36.5 Å². The second kappa shape index (κ2) is 70.2. The van der Waals surface area contributed by atoms with Gasteiger partial charge in [0.05, 0.1) is 25.4 Å². The van der Waals surface area contributed by atoms with Gasteiger partial charge in [-0.3, -0.25) is 4.79 Å². The Labute approximate surface area is 575 Å². The van der Waals surface area contributed by atoms with E-state index in [-0.39, 0.29) is 12.8 Å². The lowest BCUT2D eigenvalue weighted by Crippen LogP contribution is -2.60. The fourth-order valence-corrected chi connectivity index (χ4v) is 13.4. The normalized spacial score (nSPS) is 18.4. The van der Waals surface area contributed by atoms with Crippen molar-refractivity contribution in [1.82, 2.24) is 5.32 Å². The molecule has 0 bridgehead atoms. The Hall–Kier alpha value is -1.67. The van der Waals surface area contributed by atoms with Crippen LogP contribution in [-0.2, 0) is 14.3 Å². The van der Waals surface area contributed by atoms with Crippen molar-refractivity contribution in [2.45, 2.75) is 467 Å². The van der Waals surface area contributed by atoms with E-state index in [9.17, 15) is 40.5 Å². The van der Waals surface area contributed by atoms with Crippen LogP contribution in [0.1, 0.15) is 412 Å². The van der Waals surface area contributed by atoms with Crippen molar-refractivity contribution < 1.29 is 50.0 Å². The molecule has 1 amide bonds. The summed E-state index contributed by atoms with van der Waals surface area (Å²) in [5, 5.41) is 76.7. The molecule has 0 aliphatic carbocycles. The lowest BCUT2D eigenvalue weighted by Gasteiger charge is -2.40. The van der Waals surface area contributed by atoms with Gasteiger partial charge in [0.2, 0.25) is 5.91 Å². The minimum Gasteiger partial charge on any atom is -0.394 e. The summed E-state index contributed by atoms with van der Waals surface area (Å²) >= 11 is 0. The third-order valence-electron chi connectivity index (χ3n) is 19.9. The standard InChI is InChI=1S/C82H157NO10/c1-3-5-7-9-11-13-15-17-19-21-23-25-27-29-31-33-34-35-36-37-38-39-40-41-42-44-46-48-50-52-54-56-58-60-62-64-66-68-70-75(86)81(91)83-73(72-92-82-80(90)79(89)78(88)76(71-84)93-82)77(87)74(85)69-67-65-63-61-59-57-55-53-51-49-47-45-43-32-30-28-26-24-22-20-18-16-14-12-10-8-6-4-2/h45,47,53,55,61,63,73-80,82,84-90H,3-44,46,48-52,54,56-60,62,64-72H2,1-2H3,(H,83,91)/b47-45+,55-53+,63-61+. The average molecular weight is 1320 g/mol. The van der Waals surface area contributed by atoms with Gasteiger partial charge in [-0.15, -0.1) is 0 Å². The van der Waals surface area contributed by atoms with Crippen LogP contribution >= 0.6 is 0 Å². The summed E-state index contributed by atoms with van der Waals surface area (Å²) in [5.74, 6) is -0.704. The molecule has 0 aromatic heterocycles. The maximum atomic E-state index is 13.3. The topological polar surface area (TPSA) is 189 Å². The van der Waals surface area contributed by atoms with Gasteiger partial charge in [-0.1, -0.05) is 384 Å². The molecule has 93 heavy (non-hydrogen) atoms. The lowest BCUT2D eigenvalue weighted by molar-refractivity contribution is -0.303. The number of rotatable bonds is 73. The maximum Gasteiger partial charge on any atom is 0.249 e. The lowest BCUT2D eigenvalue weighted by atomic mass is 9.98. The molecule has 11 heteroatoms. The van der Waals surface area contributed by atoms with Crippen molar-refractivity contribution in [1.29, 1.82) is 0 Å². The summed E-state index contributed by atoms with van der Waals surface area (Å²) in [6.45, 7) is 3.51. The summed E-state index contributed by atoms with van der Waals surface area (Å²) in [5.41, 5.74) is 0. The molecule has 550 valence electrons. The molecule has 1 fully saturated rings. The number of hydrogen-bond donors (Lipinski definition) is 8. The molecule has 0 radical (unpaired) electrons. The van der Waals surface area contributed by atoms with Gasteiger partial charge in [-0.05, 0) is 64.2 Å². The van der Waals surface area contributed by atoms with Gasteiger partial charge in [-0.25, -0.2) is 0 Å². The van der Waals surface area contributed by atoms with Crippen molar-refractivity contribution in [3.8, 4) is 0 Å². The Bertz CT molecular complexity index is 1610. The number of ether oxygens (including phenoxy) is 2. The largest absolute Gasteiger partial charge is 0.394 e. The molecule has 9 atom stereocenters. The van der Waals surface area contributed by atoms with E-state index in [1.54, 1.807) is 0 Å². The number of nitrogens with one attached hydrogen (secondary N) is 1. The Kier molecular flexibility index (Phi) is 67.4. The van der Waals surface area contributed by atoms with Gasteiger partial charge in [0, 0.05) is 0 Å². The minimum atomic E-state index is -1.67. The Morgan fingerprint density at radius 3 is 0.957 bits per heavy atom. The highest BCUT2D eigenvalue weighted by Crippen LogP contribution is 2.24. The number of amides is 1. The molecule has 8 N–H and O–H groups in total. The van der Waals surface area contributed by atoms with Gasteiger partial charge in [0.15, 0.2) is 6.29 Å². The molecule has 1 aliphatic heterocycles. The van der Waals surface area contributed by atoms with Gasteiger partial charge in [-0.2, -0.15) is 0 Å². The van der Waals surface area contributed by atoms with Crippen molar-refractivity contribution >= 4 is 5.91 Å². The van der Waals surface area contributed by atoms with Gasteiger partial charge in [0.25, 0.3) is 0 Å². The van der Waals surface area contributed by atoms with Crippen molar-refractivity contribution in [2.75, 3.05) is 13.2 Å². The van der Waals surface area contributed by atoms with Crippen molar-refractivity contribution in [2.24, 2.45) is 0 Å². The predicted octanol–water partition coefficient (Wildman–Crippen LogP) is 21.3. The molecule has 0 spiro atoms. The fraction of sp³-hybridized carbons (Fsp3) is 0.915. The summed E-state index contributed by atoms with van der Waals surface area (Å²) in [6.07, 6.45) is 81.4. The van der Waals surface area contributed by atoms with Crippen LogP contribution in [0.25, 0.3) is 0 Å². The van der Waals surface area contributed by atoms with Crippen molar-refractivity contribution in [3.63, 3.8) is 0 Å². The number of unbranched alkanes of at least 4 members (excludes halogenated alkanes) is 55. The molecule has 1 saturated heterocycles. The van der Waals surface area contributed by atoms with E-state index in [1.165, 1.54) is 321 Å². The van der Waals surface area contributed by atoms with Crippen molar-refractivity contribution in [3.05, 3.63) is 36.5 Å². The zero-order valence-corrected chi connectivity index (χ0v) is 61.3. The van der Waals surface area contributed by atoms with Crippen LogP contribution in [0.5, 0.6) is 0 Å². The van der Waals surface area contributed by atoms with Crippen LogP contribution in [-0.4, -0.2) is 110 Å². The highest BCUT2D eigenvalue weighted by molar-refractivity contribution is 5.80. The number of carbonyl (C=O) groups is 1. The molecule has 0 aromatic carbocycles. The van der Waals surface area contributed by atoms with Crippen LogP contribution in [0, 0.1) is 0 Å². The minimum absolute atomic E-state index is 0.243. The zero-order chi connectivity index (χ0) is 67.4. The first-order chi connectivity index (χ1) is 45.7. The number of aliphatic hydroxyl groups is 7. The van der Waals surface area contributed by atoms with Gasteiger partial charge in [0.1, 0.15) is 36.6 Å². The Morgan fingerprint density at radius 1 is 0.366 bits per heavy atom. The molecular weight excluding hydrogens is 1160 g/mol. The monoisotopic (exact) mass is 1320 g/mol. The highest BCUT2D eigenvalue weighted by atomic mass is 16.7. The third kappa shape index (κ3) is 56.9. The summed E-state index contributed by atoms with van der Waals surface area (Å²) in [6, 6.07) is -1.20. The SMILES string of the molecule is CCCCCCCCCCCCCCCCC/C=C/CC/C=C/CC/C=C/CCCC(O)C(O)C(COC1OC(CO)C(O)C(O)C1O)NC(=O)C(O)CCCCCCCCCCCCCCCCCCCCCCCCCCCCCCCCCCCCCCCC. The third-order valence-corrected chi connectivity index (χ3v) is 19.9. The smallest absolute Gasteiger partial charge is 0.249 e. The number of carbonyl (C=O) groups excluding carboxylic acids is 1. The van der Waals surface area contributed by atoms with Crippen LogP contribution < -0.4 is 5.32 Å². The molecular formula is C82H157NO10. The molecule has 1 rings (SSSR count). The number of aliphatic hydroxyl groups excluding tert-OH is 7. The second-order valence-corrected chi connectivity index (χ2v) is 28.8. The quantitative estimate of drug-likeness (QED) is 0.0215. The van der Waals surface area contributed by atoms with Gasteiger partial charge < -0.3 is 50.5 Å². The van der Waals surface area contributed by atoms with E-state index in [2.05, 4.69) is 55.6 Å². The van der Waals surface area contributed by atoms with Crippen LogP contribution in [0.3, 0.4) is 0 Å². The van der Waals surface area contributed by atoms with E-state index >= 15 is 0 Å². The van der Waals surface area contributed by atoms with E-state index in [1.807, 2.05) is 0 Å². The summed E-state index contributed by atoms with van der Waals surface area (Å²) in [7, 11) is 0. The molecule has 0 saturated carbocycles. The van der Waals surface area contributed by atoms with E-state index in [4.69, 9.17) is 9.47 Å². The summed E-state index contributed by atoms with van der Waals surface area (Å²) in [4.78, 5) is 13.3. The molecule has 0 aromatic rings. The molecule has 11 nitrogen and oxygen atoms in total. The Balaban J connectivity index is 2.13.